The maximum absolute atomic E-state index is 4.91. The zero-order chi connectivity index (χ0) is 15.6. The Morgan fingerprint density at radius 2 is 1.76 bits per heavy atom. The molecule has 21 heavy (non-hydrogen) atoms. The van der Waals surface area contributed by atoms with Gasteiger partial charge in [-0.25, -0.2) is 4.98 Å². The fourth-order valence-electron chi connectivity index (χ4n) is 2.79. The van der Waals surface area contributed by atoms with E-state index in [-0.39, 0.29) is 0 Å². The van der Waals surface area contributed by atoms with Gasteiger partial charge in [0.2, 0.25) is 0 Å². The lowest BCUT2D eigenvalue weighted by molar-refractivity contribution is 0.494. The Balaban J connectivity index is 2.23. The highest BCUT2D eigenvalue weighted by Crippen LogP contribution is 2.28. The van der Waals surface area contributed by atoms with Gasteiger partial charge in [0.25, 0.3) is 0 Å². The molecule has 0 amide bonds. The molecule has 1 aromatic rings. The molecule has 1 N–H and O–H groups in total. The molecule has 0 aromatic carbocycles. The Labute approximate surface area is 130 Å². The summed E-state index contributed by atoms with van der Waals surface area (Å²) in [6, 6.07) is 5.04. The van der Waals surface area contributed by atoms with Gasteiger partial charge in [0, 0.05) is 31.4 Å². The number of pyridine rings is 1. The molecular weight excluding hydrogens is 258 g/mol. The van der Waals surface area contributed by atoms with Crippen molar-refractivity contribution in [1.29, 1.82) is 0 Å². The van der Waals surface area contributed by atoms with Crippen molar-refractivity contribution in [2.75, 3.05) is 18.0 Å². The maximum atomic E-state index is 4.91. The summed E-state index contributed by atoms with van der Waals surface area (Å²) in [5.41, 5.74) is 2.56. The highest BCUT2D eigenvalue weighted by molar-refractivity contribution is 5.44. The van der Waals surface area contributed by atoms with E-state index in [1.807, 2.05) is 0 Å². The molecule has 0 aliphatic carbocycles. The molecule has 1 aliphatic heterocycles. The molecule has 2 unspecified atom stereocenters. The van der Waals surface area contributed by atoms with Crippen LogP contribution < -0.4 is 10.2 Å². The number of hydrogen-bond donors (Lipinski definition) is 1. The highest BCUT2D eigenvalue weighted by atomic mass is 15.2. The van der Waals surface area contributed by atoms with Crippen molar-refractivity contribution >= 4 is 5.82 Å². The number of rotatable bonds is 5. The van der Waals surface area contributed by atoms with Crippen LogP contribution in [-0.4, -0.2) is 24.1 Å². The molecular formula is C18H31N3. The highest BCUT2D eigenvalue weighted by Gasteiger charge is 2.27. The van der Waals surface area contributed by atoms with Gasteiger partial charge in [-0.3, -0.25) is 0 Å². The summed E-state index contributed by atoms with van der Waals surface area (Å²) in [5.74, 6) is 3.15. The summed E-state index contributed by atoms with van der Waals surface area (Å²) in [6.45, 7) is 16.7. The molecule has 1 aliphatic rings. The van der Waals surface area contributed by atoms with E-state index in [1.165, 1.54) is 11.3 Å². The van der Waals surface area contributed by atoms with Crippen LogP contribution in [0.1, 0.15) is 58.7 Å². The molecule has 3 nitrogen and oxygen atoms in total. The molecule has 1 fully saturated rings. The zero-order valence-corrected chi connectivity index (χ0v) is 14.5. The Morgan fingerprint density at radius 3 is 2.29 bits per heavy atom. The van der Waals surface area contributed by atoms with Crippen LogP contribution in [-0.2, 0) is 6.54 Å². The fraction of sp³-hybridized carbons (Fsp3) is 0.722. The quantitative estimate of drug-likeness (QED) is 0.894. The van der Waals surface area contributed by atoms with Crippen LogP contribution in [0.4, 0.5) is 5.82 Å². The summed E-state index contributed by atoms with van der Waals surface area (Å²) in [5, 5.41) is 3.52. The number of nitrogens with zero attached hydrogens (tertiary/aromatic N) is 2. The Morgan fingerprint density at radius 1 is 1.14 bits per heavy atom. The molecule has 118 valence electrons. The van der Waals surface area contributed by atoms with Gasteiger partial charge in [0.15, 0.2) is 0 Å². The van der Waals surface area contributed by atoms with Crippen molar-refractivity contribution in [3.8, 4) is 0 Å². The molecule has 2 rings (SSSR count). The molecule has 2 atom stereocenters. The molecule has 0 saturated carbocycles. The average molecular weight is 289 g/mol. The Hall–Kier alpha value is -1.09. The van der Waals surface area contributed by atoms with Gasteiger partial charge in [-0.05, 0) is 35.4 Å². The molecule has 0 spiro atoms. The zero-order valence-electron chi connectivity index (χ0n) is 14.5. The molecule has 2 heterocycles. The van der Waals surface area contributed by atoms with E-state index >= 15 is 0 Å². The third-order valence-corrected chi connectivity index (χ3v) is 4.51. The van der Waals surface area contributed by atoms with Crippen molar-refractivity contribution in [3.05, 3.63) is 23.4 Å². The van der Waals surface area contributed by atoms with Crippen molar-refractivity contribution in [2.45, 2.75) is 60.0 Å². The summed E-state index contributed by atoms with van der Waals surface area (Å²) in [7, 11) is 0. The lowest BCUT2D eigenvalue weighted by atomic mass is 10.0. The van der Waals surface area contributed by atoms with Gasteiger partial charge in [-0.2, -0.15) is 0 Å². The third-order valence-electron chi connectivity index (χ3n) is 4.51. The Kier molecular flexibility index (Phi) is 5.26. The second-order valence-corrected chi connectivity index (χ2v) is 7.31. The van der Waals surface area contributed by atoms with Gasteiger partial charge < -0.3 is 10.2 Å². The number of anilines is 1. The average Bonchev–Trinajstić information content (AvgIpc) is 2.76. The maximum Gasteiger partial charge on any atom is 0.129 e. The first-order valence-corrected chi connectivity index (χ1v) is 8.36. The monoisotopic (exact) mass is 289 g/mol. The lowest BCUT2D eigenvalue weighted by Gasteiger charge is -2.21. The van der Waals surface area contributed by atoms with Gasteiger partial charge in [-0.15, -0.1) is 0 Å². The number of aromatic nitrogens is 1. The first-order valence-electron chi connectivity index (χ1n) is 8.36. The number of hydrogen-bond acceptors (Lipinski definition) is 3. The molecule has 3 heteroatoms. The van der Waals surface area contributed by atoms with Gasteiger partial charge in [-0.1, -0.05) is 41.5 Å². The van der Waals surface area contributed by atoms with Gasteiger partial charge in [0.1, 0.15) is 5.82 Å². The predicted molar refractivity (Wildman–Crippen MR) is 90.8 cm³/mol. The van der Waals surface area contributed by atoms with E-state index in [0.29, 0.717) is 12.0 Å². The van der Waals surface area contributed by atoms with Gasteiger partial charge >= 0.3 is 0 Å². The topological polar surface area (TPSA) is 28.2 Å². The fourth-order valence-corrected chi connectivity index (χ4v) is 2.79. The van der Waals surface area contributed by atoms with E-state index in [2.05, 4.69) is 63.9 Å². The Bertz CT molecular complexity index is 458. The molecule has 1 aromatic heterocycles. The minimum Gasteiger partial charge on any atom is -0.356 e. The van der Waals surface area contributed by atoms with E-state index in [0.717, 1.165) is 37.3 Å². The summed E-state index contributed by atoms with van der Waals surface area (Å²) in [6.07, 6.45) is 0. The predicted octanol–water partition coefficient (Wildman–Crippen LogP) is 3.80. The van der Waals surface area contributed by atoms with Crippen LogP contribution in [0.2, 0.25) is 0 Å². The van der Waals surface area contributed by atoms with Crippen molar-refractivity contribution in [1.82, 2.24) is 10.3 Å². The SMILES string of the molecule is CC(C)NCc1cc(C(C)C)nc(N2CC(C)C(C)C2)c1. The van der Waals surface area contributed by atoms with Crippen molar-refractivity contribution < 1.29 is 0 Å². The molecule has 0 bridgehead atoms. The first-order chi connectivity index (χ1) is 9.86. The van der Waals surface area contributed by atoms with E-state index in [9.17, 15) is 0 Å². The van der Waals surface area contributed by atoms with Crippen LogP contribution >= 0.6 is 0 Å². The van der Waals surface area contributed by atoms with Crippen LogP contribution in [0.25, 0.3) is 0 Å². The van der Waals surface area contributed by atoms with Crippen LogP contribution in [0.3, 0.4) is 0 Å². The van der Waals surface area contributed by atoms with Crippen LogP contribution in [0.15, 0.2) is 12.1 Å². The first kappa shape index (κ1) is 16.3. The van der Waals surface area contributed by atoms with E-state index in [1.54, 1.807) is 0 Å². The second kappa shape index (κ2) is 6.78. The van der Waals surface area contributed by atoms with Crippen LogP contribution in [0, 0.1) is 11.8 Å². The number of nitrogens with one attached hydrogen (secondary N) is 1. The summed E-state index contributed by atoms with van der Waals surface area (Å²) >= 11 is 0. The standard InChI is InChI=1S/C18H31N3/c1-12(2)17-7-16(9-19-13(3)4)8-18(20-17)21-10-14(5)15(6)11-21/h7-8,12-15,19H,9-11H2,1-6H3. The van der Waals surface area contributed by atoms with Crippen molar-refractivity contribution in [3.63, 3.8) is 0 Å². The van der Waals surface area contributed by atoms with Crippen LogP contribution in [0.5, 0.6) is 0 Å². The normalized spacial score (nSPS) is 22.6. The smallest absolute Gasteiger partial charge is 0.129 e. The molecule has 1 saturated heterocycles. The third kappa shape index (κ3) is 4.19. The summed E-state index contributed by atoms with van der Waals surface area (Å²) < 4.78 is 0. The van der Waals surface area contributed by atoms with E-state index in [4.69, 9.17) is 4.98 Å². The molecule has 0 radical (unpaired) electrons. The minimum absolute atomic E-state index is 0.472. The second-order valence-electron chi connectivity index (χ2n) is 7.31. The van der Waals surface area contributed by atoms with Gasteiger partial charge in [0.05, 0.1) is 0 Å². The van der Waals surface area contributed by atoms with Crippen molar-refractivity contribution in [2.24, 2.45) is 11.8 Å². The summed E-state index contributed by atoms with van der Waals surface area (Å²) in [4.78, 5) is 7.37. The largest absolute Gasteiger partial charge is 0.356 e. The lowest BCUT2D eigenvalue weighted by Crippen LogP contribution is -2.24. The minimum atomic E-state index is 0.472. The van der Waals surface area contributed by atoms with E-state index < -0.39 is 0 Å².